The number of likely N-dealkylation sites (tertiary alicyclic amines) is 1. The molecule has 0 radical (unpaired) electrons. The molecule has 7 nitrogen and oxygen atoms in total. The number of rotatable bonds is 6. The number of thiazole rings is 1. The molecule has 3 heterocycles. The number of aromatic hydroxyl groups is 1. The molecular formula is C21H28N4O3S. The van der Waals surface area contributed by atoms with Gasteiger partial charge in [0.15, 0.2) is 11.5 Å². The molecule has 1 saturated heterocycles. The summed E-state index contributed by atoms with van der Waals surface area (Å²) in [4.78, 5) is 8.47. The lowest BCUT2D eigenvalue weighted by Gasteiger charge is -2.37. The van der Waals surface area contributed by atoms with Crippen molar-refractivity contribution in [3.8, 4) is 17.4 Å². The zero-order valence-corrected chi connectivity index (χ0v) is 18.2. The van der Waals surface area contributed by atoms with Gasteiger partial charge in [0.05, 0.1) is 24.6 Å². The molecule has 2 aromatic heterocycles. The fourth-order valence-corrected chi connectivity index (χ4v) is 5.31. The lowest BCUT2D eigenvalue weighted by Crippen LogP contribution is -2.37. The number of piperidine rings is 1. The minimum Gasteiger partial charge on any atom is -0.493 e. The molecule has 0 bridgehead atoms. The Morgan fingerprint density at radius 3 is 2.86 bits per heavy atom. The third-order valence-corrected chi connectivity index (χ3v) is 6.48. The fraction of sp³-hybridized carbons (Fsp3) is 0.524. The van der Waals surface area contributed by atoms with E-state index in [-0.39, 0.29) is 11.9 Å². The minimum atomic E-state index is -0.0869. The van der Waals surface area contributed by atoms with Crippen LogP contribution in [0.15, 0.2) is 18.2 Å². The van der Waals surface area contributed by atoms with Crippen molar-refractivity contribution in [3.63, 3.8) is 0 Å². The van der Waals surface area contributed by atoms with E-state index in [1.54, 1.807) is 11.6 Å². The first-order chi connectivity index (χ1) is 14.0. The number of aryl methyl sites for hydroxylation is 1. The summed E-state index contributed by atoms with van der Waals surface area (Å²) in [7, 11) is 1.66. The molecule has 156 valence electrons. The van der Waals surface area contributed by atoms with Gasteiger partial charge in [0.25, 0.3) is 0 Å². The second-order valence-corrected chi connectivity index (χ2v) is 8.64. The molecule has 4 rings (SSSR count). The smallest absolute Gasteiger partial charge is 0.230 e. The molecule has 1 aromatic carbocycles. The summed E-state index contributed by atoms with van der Waals surface area (Å²) in [5, 5.41) is 15.3. The lowest BCUT2D eigenvalue weighted by atomic mass is 9.95. The van der Waals surface area contributed by atoms with Crippen LogP contribution < -0.4 is 9.47 Å². The monoisotopic (exact) mass is 416 g/mol. The van der Waals surface area contributed by atoms with Crippen LogP contribution in [0.5, 0.6) is 17.4 Å². The zero-order valence-electron chi connectivity index (χ0n) is 17.4. The summed E-state index contributed by atoms with van der Waals surface area (Å²) < 4.78 is 12.8. The Hall–Kier alpha value is -2.32. The Morgan fingerprint density at radius 1 is 1.34 bits per heavy atom. The number of aromatic nitrogens is 3. The van der Waals surface area contributed by atoms with E-state index in [0.717, 1.165) is 35.7 Å². The highest BCUT2D eigenvalue weighted by Crippen LogP contribution is 2.43. The molecule has 29 heavy (non-hydrogen) atoms. The van der Waals surface area contributed by atoms with Gasteiger partial charge in [-0.25, -0.2) is 4.98 Å². The molecule has 1 fully saturated rings. The molecule has 0 amide bonds. The number of hydrogen-bond donors (Lipinski definition) is 1. The molecule has 0 saturated carbocycles. The molecule has 8 heteroatoms. The van der Waals surface area contributed by atoms with E-state index in [4.69, 9.17) is 9.47 Å². The maximum absolute atomic E-state index is 11.0. The molecular weight excluding hydrogens is 388 g/mol. The molecule has 1 N–H and O–H groups in total. The number of hydrogen-bond acceptors (Lipinski definition) is 7. The maximum Gasteiger partial charge on any atom is 0.230 e. The number of benzene rings is 1. The van der Waals surface area contributed by atoms with Gasteiger partial charge in [-0.05, 0) is 56.8 Å². The second kappa shape index (κ2) is 8.20. The van der Waals surface area contributed by atoms with Crippen LogP contribution >= 0.6 is 11.3 Å². The Kier molecular flexibility index (Phi) is 5.65. The van der Waals surface area contributed by atoms with E-state index in [0.29, 0.717) is 29.1 Å². The predicted molar refractivity (Wildman–Crippen MR) is 113 cm³/mol. The van der Waals surface area contributed by atoms with Crippen molar-refractivity contribution < 1.29 is 14.6 Å². The van der Waals surface area contributed by atoms with Crippen molar-refractivity contribution in [2.75, 3.05) is 26.8 Å². The van der Waals surface area contributed by atoms with Crippen LogP contribution in [0.25, 0.3) is 4.96 Å². The Morgan fingerprint density at radius 2 is 2.17 bits per heavy atom. The van der Waals surface area contributed by atoms with Gasteiger partial charge in [-0.15, -0.1) is 5.10 Å². The van der Waals surface area contributed by atoms with Gasteiger partial charge in [-0.1, -0.05) is 24.3 Å². The quantitative estimate of drug-likeness (QED) is 0.654. The van der Waals surface area contributed by atoms with Crippen LogP contribution in [0.3, 0.4) is 0 Å². The van der Waals surface area contributed by atoms with E-state index in [9.17, 15) is 5.11 Å². The maximum atomic E-state index is 11.0. The van der Waals surface area contributed by atoms with Crippen LogP contribution in [0.2, 0.25) is 0 Å². The molecule has 3 aromatic rings. The Balaban J connectivity index is 1.82. The predicted octanol–water partition coefficient (Wildman–Crippen LogP) is 4.03. The van der Waals surface area contributed by atoms with Crippen LogP contribution in [0.1, 0.15) is 49.0 Å². The first-order valence-electron chi connectivity index (χ1n) is 10.1. The van der Waals surface area contributed by atoms with E-state index in [2.05, 4.69) is 28.0 Å². The highest BCUT2D eigenvalue weighted by molar-refractivity contribution is 7.17. The van der Waals surface area contributed by atoms with Gasteiger partial charge in [0, 0.05) is 6.54 Å². The highest BCUT2D eigenvalue weighted by Gasteiger charge is 2.32. The van der Waals surface area contributed by atoms with Gasteiger partial charge >= 0.3 is 0 Å². The SMILES string of the molecule is CCOc1ccc([C@@H](c2sc3nc(C)nn3c2O)N2CCC[C@@H](C)C2)cc1OC. The van der Waals surface area contributed by atoms with Gasteiger partial charge in [-0.2, -0.15) is 4.52 Å². The highest BCUT2D eigenvalue weighted by atomic mass is 32.1. The summed E-state index contributed by atoms with van der Waals surface area (Å²) in [5.41, 5.74) is 1.07. The number of methoxy groups -OCH3 is 1. The topological polar surface area (TPSA) is 72.1 Å². The molecule has 1 aliphatic heterocycles. The van der Waals surface area contributed by atoms with E-state index in [1.807, 2.05) is 26.0 Å². The first-order valence-corrected chi connectivity index (χ1v) is 10.9. The first kappa shape index (κ1) is 20.0. The van der Waals surface area contributed by atoms with E-state index >= 15 is 0 Å². The zero-order chi connectivity index (χ0) is 20.5. The van der Waals surface area contributed by atoms with Crippen LogP contribution in [0.4, 0.5) is 0 Å². The van der Waals surface area contributed by atoms with Gasteiger partial charge in [-0.3, -0.25) is 4.90 Å². The molecule has 2 atom stereocenters. The minimum absolute atomic E-state index is 0.0869. The van der Waals surface area contributed by atoms with Gasteiger partial charge in [0.1, 0.15) is 5.82 Å². The third kappa shape index (κ3) is 3.79. The average Bonchev–Trinajstić information content (AvgIpc) is 3.21. The second-order valence-electron chi connectivity index (χ2n) is 7.63. The van der Waals surface area contributed by atoms with Crippen molar-refractivity contribution in [3.05, 3.63) is 34.5 Å². The van der Waals surface area contributed by atoms with Gasteiger partial charge < -0.3 is 14.6 Å². The molecule has 0 unspecified atom stereocenters. The number of fused-ring (bicyclic) bond motifs is 1. The van der Waals surface area contributed by atoms with Crippen LogP contribution in [0, 0.1) is 12.8 Å². The fourth-order valence-electron chi connectivity index (χ4n) is 4.14. The van der Waals surface area contributed by atoms with Crippen molar-refractivity contribution in [1.29, 1.82) is 0 Å². The molecule has 0 spiro atoms. The van der Waals surface area contributed by atoms with Crippen molar-refractivity contribution >= 4 is 16.3 Å². The normalized spacial score (nSPS) is 18.8. The van der Waals surface area contributed by atoms with Gasteiger partial charge in [0.2, 0.25) is 10.8 Å². The molecule has 0 aliphatic carbocycles. The summed E-state index contributed by atoms with van der Waals surface area (Å²) in [6.07, 6.45) is 2.38. The largest absolute Gasteiger partial charge is 0.493 e. The Bertz CT molecular complexity index is 999. The van der Waals surface area contributed by atoms with Crippen LogP contribution in [-0.2, 0) is 0 Å². The van der Waals surface area contributed by atoms with Crippen molar-refractivity contribution in [1.82, 2.24) is 19.5 Å². The number of nitrogens with zero attached hydrogens (tertiary/aromatic N) is 4. The van der Waals surface area contributed by atoms with E-state index in [1.165, 1.54) is 17.8 Å². The van der Waals surface area contributed by atoms with E-state index < -0.39 is 0 Å². The Labute approximate surface area is 174 Å². The summed E-state index contributed by atoms with van der Waals surface area (Å²) >= 11 is 1.50. The third-order valence-electron chi connectivity index (χ3n) is 5.41. The lowest BCUT2D eigenvalue weighted by molar-refractivity contribution is 0.149. The summed E-state index contributed by atoms with van der Waals surface area (Å²) in [6, 6.07) is 5.96. The summed E-state index contributed by atoms with van der Waals surface area (Å²) in [6.45, 7) is 8.62. The van der Waals surface area contributed by atoms with Crippen LogP contribution in [-0.4, -0.2) is 51.4 Å². The standard InChI is InChI=1S/C21H28N4O3S/c1-5-28-16-9-8-15(11-17(16)27-4)18(24-10-6-7-13(2)12-24)19-20(26)25-21(29-19)22-14(3)23-25/h8-9,11,13,18,26H,5-7,10,12H2,1-4H3/t13-,18+/m1/s1. The van der Waals surface area contributed by atoms with Crippen molar-refractivity contribution in [2.45, 2.75) is 39.7 Å². The number of ether oxygens (including phenoxy) is 2. The van der Waals surface area contributed by atoms with Crippen molar-refractivity contribution in [2.24, 2.45) is 5.92 Å². The molecule has 1 aliphatic rings. The summed E-state index contributed by atoms with van der Waals surface area (Å²) in [5.74, 6) is 2.87. The average molecular weight is 417 g/mol.